The van der Waals surface area contributed by atoms with E-state index >= 15 is 0 Å². The van der Waals surface area contributed by atoms with Gasteiger partial charge in [-0.25, -0.2) is 4.79 Å². The molecule has 0 radical (unpaired) electrons. The smallest absolute Gasteiger partial charge is 0.410 e. The van der Waals surface area contributed by atoms with Gasteiger partial charge in [0.15, 0.2) is 0 Å². The Bertz CT molecular complexity index is 301. The van der Waals surface area contributed by atoms with Crippen LogP contribution in [-0.2, 0) is 4.74 Å². The van der Waals surface area contributed by atoms with Gasteiger partial charge in [0.05, 0.1) is 0 Å². The first-order valence-electron chi connectivity index (χ1n) is 6.34. The standard InChI is InChI=1S/C12H23N3O2/c1-12(2,3)17-11(16)15-8-9-6-10(15)7-14(9)5-4-13/h9-10H,4-8,13H2,1-3H3. The number of hydrogen-bond acceptors (Lipinski definition) is 4. The molecule has 0 aromatic rings. The van der Waals surface area contributed by atoms with Gasteiger partial charge >= 0.3 is 6.09 Å². The highest BCUT2D eigenvalue weighted by molar-refractivity contribution is 5.69. The average Bonchev–Trinajstić information content (AvgIpc) is 2.74. The molecule has 2 unspecified atom stereocenters. The molecule has 2 aliphatic heterocycles. The number of ether oxygens (including phenoxy) is 1. The van der Waals surface area contributed by atoms with Crippen LogP contribution in [0.1, 0.15) is 27.2 Å². The van der Waals surface area contributed by atoms with Gasteiger partial charge in [-0.05, 0) is 27.2 Å². The molecule has 2 atom stereocenters. The van der Waals surface area contributed by atoms with Gasteiger partial charge in [-0.15, -0.1) is 0 Å². The third-order valence-corrected chi connectivity index (χ3v) is 3.40. The van der Waals surface area contributed by atoms with Gasteiger partial charge < -0.3 is 15.4 Å². The van der Waals surface area contributed by atoms with Crippen LogP contribution in [0.2, 0.25) is 0 Å². The van der Waals surface area contributed by atoms with E-state index in [1.165, 1.54) is 0 Å². The lowest BCUT2D eigenvalue weighted by molar-refractivity contribution is 0.0132. The van der Waals surface area contributed by atoms with Gasteiger partial charge in [-0.3, -0.25) is 4.90 Å². The Labute approximate surface area is 103 Å². The molecule has 2 saturated heterocycles. The van der Waals surface area contributed by atoms with Crippen LogP contribution in [0.25, 0.3) is 0 Å². The maximum Gasteiger partial charge on any atom is 0.410 e. The molecule has 17 heavy (non-hydrogen) atoms. The number of carbonyl (C=O) groups excluding carboxylic acids is 1. The Hall–Kier alpha value is -0.810. The van der Waals surface area contributed by atoms with E-state index < -0.39 is 5.60 Å². The number of fused-ring (bicyclic) bond motifs is 2. The monoisotopic (exact) mass is 241 g/mol. The Kier molecular flexibility index (Phi) is 3.32. The highest BCUT2D eigenvalue weighted by atomic mass is 16.6. The molecule has 1 amide bonds. The molecule has 98 valence electrons. The molecule has 2 heterocycles. The summed E-state index contributed by atoms with van der Waals surface area (Å²) in [6.45, 7) is 9.07. The number of rotatable bonds is 2. The Morgan fingerprint density at radius 2 is 2.06 bits per heavy atom. The normalized spacial score (nSPS) is 28.8. The number of carbonyl (C=O) groups is 1. The molecule has 5 nitrogen and oxygen atoms in total. The molecule has 0 saturated carbocycles. The SMILES string of the molecule is CC(C)(C)OC(=O)N1CC2CC1CN2CCN. The van der Waals surface area contributed by atoms with Crippen LogP contribution in [0.3, 0.4) is 0 Å². The lowest BCUT2D eigenvalue weighted by atomic mass is 10.2. The van der Waals surface area contributed by atoms with Crippen LogP contribution in [-0.4, -0.2) is 59.8 Å². The lowest BCUT2D eigenvalue weighted by Gasteiger charge is -2.34. The average molecular weight is 241 g/mol. The highest BCUT2D eigenvalue weighted by Gasteiger charge is 2.45. The van der Waals surface area contributed by atoms with Crippen molar-refractivity contribution in [2.75, 3.05) is 26.2 Å². The minimum absolute atomic E-state index is 0.169. The van der Waals surface area contributed by atoms with Crippen molar-refractivity contribution < 1.29 is 9.53 Å². The van der Waals surface area contributed by atoms with Crippen LogP contribution in [0.15, 0.2) is 0 Å². The zero-order chi connectivity index (χ0) is 12.6. The number of piperazine rings is 1. The number of nitrogens with zero attached hydrogens (tertiary/aromatic N) is 2. The summed E-state index contributed by atoms with van der Waals surface area (Å²) in [6.07, 6.45) is 0.900. The molecule has 2 rings (SSSR count). The van der Waals surface area contributed by atoms with Crippen LogP contribution < -0.4 is 5.73 Å². The Balaban J connectivity index is 1.89. The van der Waals surface area contributed by atoms with E-state index in [1.807, 2.05) is 25.7 Å². The van der Waals surface area contributed by atoms with E-state index in [4.69, 9.17) is 10.5 Å². The van der Waals surface area contributed by atoms with E-state index in [-0.39, 0.29) is 6.09 Å². The number of amides is 1. The quantitative estimate of drug-likeness (QED) is 0.770. The molecule has 2 aliphatic rings. The van der Waals surface area contributed by atoms with Crippen molar-refractivity contribution in [1.82, 2.24) is 9.80 Å². The molecular formula is C12H23N3O2. The minimum atomic E-state index is -0.407. The van der Waals surface area contributed by atoms with Crippen LogP contribution in [0.5, 0.6) is 0 Å². The second-order valence-electron chi connectivity index (χ2n) is 5.96. The van der Waals surface area contributed by atoms with Crippen LogP contribution in [0, 0.1) is 0 Å². The molecule has 0 aliphatic carbocycles. The molecule has 2 N–H and O–H groups in total. The van der Waals surface area contributed by atoms with Crippen molar-refractivity contribution in [2.24, 2.45) is 5.73 Å². The van der Waals surface area contributed by atoms with Crippen LogP contribution >= 0.6 is 0 Å². The zero-order valence-corrected chi connectivity index (χ0v) is 11.0. The van der Waals surface area contributed by atoms with Crippen molar-refractivity contribution in [3.8, 4) is 0 Å². The minimum Gasteiger partial charge on any atom is -0.444 e. The third-order valence-electron chi connectivity index (χ3n) is 3.40. The molecule has 2 fully saturated rings. The fraction of sp³-hybridized carbons (Fsp3) is 0.917. The maximum atomic E-state index is 12.0. The first-order chi connectivity index (χ1) is 7.90. The van der Waals surface area contributed by atoms with E-state index in [1.54, 1.807) is 0 Å². The molecule has 0 spiro atoms. The predicted octanol–water partition coefficient (Wildman–Crippen LogP) is 0.639. The first-order valence-corrected chi connectivity index (χ1v) is 6.34. The topological polar surface area (TPSA) is 58.8 Å². The van der Waals surface area contributed by atoms with Gasteiger partial charge in [-0.1, -0.05) is 0 Å². The molecular weight excluding hydrogens is 218 g/mol. The second kappa shape index (κ2) is 4.46. The maximum absolute atomic E-state index is 12.0. The molecule has 5 heteroatoms. The van der Waals surface area contributed by atoms with Crippen LogP contribution in [0.4, 0.5) is 4.79 Å². The number of likely N-dealkylation sites (tertiary alicyclic amines) is 2. The van der Waals surface area contributed by atoms with Gasteiger partial charge in [0.25, 0.3) is 0 Å². The highest BCUT2D eigenvalue weighted by Crippen LogP contribution is 2.31. The summed E-state index contributed by atoms with van der Waals surface area (Å²) >= 11 is 0. The Morgan fingerprint density at radius 1 is 1.35 bits per heavy atom. The summed E-state index contributed by atoms with van der Waals surface area (Å²) in [5.74, 6) is 0. The summed E-state index contributed by atoms with van der Waals surface area (Å²) in [5.41, 5.74) is 5.16. The fourth-order valence-electron chi connectivity index (χ4n) is 2.73. The van der Waals surface area contributed by atoms with Crippen molar-refractivity contribution >= 4 is 6.09 Å². The lowest BCUT2D eigenvalue weighted by Crippen LogP contribution is -2.50. The molecule has 2 bridgehead atoms. The van der Waals surface area contributed by atoms with E-state index in [0.717, 1.165) is 26.1 Å². The largest absolute Gasteiger partial charge is 0.444 e. The van der Waals surface area contributed by atoms with Crippen molar-refractivity contribution in [3.05, 3.63) is 0 Å². The second-order valence-corrected chi connectivity index (χ2v) is 5.96. The predicted molar refractivity (Wildman–Crippen MR) is 65.8 cm³/mol. The summed E-state index contributed by atoms with van der Waals surface area (Å²) in [6, 6.07) is 0.803. The van der Waals surface area contributed by atoms with E-state index in [9.17, 15) is 4.79 Å². The van der Waals surface area contributed by atoms with Gasteiger partial charge in [0.1, 0.15) is 5.60 Å². The van der Waals surface area contributed by atoms with Crippen molar-refractivity contribution in [2.45, 2.75) is 44.9 Å². The summed E-state index contributed by atoms with van der Waals surface area (Å²) in [7, 11) is 0. The van der Waals surface area contributed by atoms with Gasteiger partial charge in [0, 0.05) is 38.3 Å². The first kappa shape index (κ1) is 12.6. The summed E-state index contributed by atoms with van der Waals surface area (Å²) in [5, 5.41) is 0. The van der Waals surface area contributed by atoms with Crippen molar-refractivity contribution in [1.29, 1.82) is 0 Å². The van der Waals surface area contributed by atoms with E-state index in [2.05, 4.69) is 4.90 Å². The zero-order valence-electron chi connectivity index (χ0n) is 11.0. The third kappa shape index (κ3) is 2.72. The molecule has 0 aromatic carbocycles. The molecule has 0 aromatic heterocycles. The number of nitrogens with two attached hydrogens (primary N) is 1. The summed E-state index contributed by atoms with van der Waals surface area (Å²) in [4.78, 5) is 16.2. The van der Waals surface area contributed by atoms with E-state index in [0.29, 0.717) is 18.6 Å². The number of hydrogen-bond donors (Lipinski definition) is 1. The van der Waals surface area contributed by atoms with Gasteiger partial charge in [-0.2, -0.15) is 0 Å². The fourth-order valence-corrected chi connectivity index (χ4v) is 2.73. The van der Waals surface area contributed by atoms with Gasteiger partial charge in [0.2, 0.25) is 0 Å². The Morgan fingerprint density at radius 3 is 2.53 bits per heavy atom. The van der Waals surface area contributed by atoms with Crippen molar-refractivity contribution in [3.63, 3.8) is 0 Å². The summed E-state index contributed by atoms with van der Waals surface area (Å²) < 4.78 is 5.41.